The Bertz CT molecular complexity index is 866. The van der Waals surface area contributed by atoms with Gasteiger partial charge in [-0.05, 0) is 30.7 Å². The summed E-state index contributed by atoms with van der Waals surface area (Å²) in [5.41, 5.74) is 2.11. The number of nitrogens with zero attached hydrogens (tertiary/aromatic N) is 2. The third-order valence-electron chi connectivity index (χ3n) is 4.96. The van der Waals surface area contributed by atoms with Crippen molar-refractivity contribution in [1.82, 2.24) is 9.97 Å². The van der Waals surface area contributed by atoms with Crippen molar-refractivity contribution in [2.75, 3.05) is 5.32 Å². The van der Waals surface area contributed by atoms with Gasteiger partial charge in [-0.3, -0.25) is 9.78 Å². The van der Waals surface area contributed by atoms with Gasteiger partial charge in [-0.25, -0.2) is 9.37 Å². The Labute approximate surface area is 159 Å². The van der Waals surface area contributed by atoms with E-state index < -0.39 is 24.3 Å². The Morgan fingerprint density at radius 3 is 2.88 bits per heavy atom. The second-order valence-electron chi connectivity index (χ2n) is 6.66. The lowest BCUT2D eigenvalue weighted by atomic mass is 9.74. The number of halogens is 3. The maximum atomic E-state index is 14.3. The molecule has 2 saturated heterocycles. The van der Waals surface area contributed by atoms with Crippen molar-refractivity contribution in [2.45, 2.75) is 37.6 Å². The number of rotatable bonds is 3. The van der Waals surface area contributed by atoms with Crippen LogP contribution < -0.4 is 5.32 Å². The maximum absolute atomic E-state index is 14.3. The largest absolute Gasteiger partial charge is 0.370 e. The molecule has 2 aliphatic rings. The number of anilines is 1. The number of fused-ring (bicyclic) bond motifs is 2. The number of carbonyl (C=O) groups excluding carboxylic acids is 1. The predicted octanol–water partition coefficient (Wildman–Crippen LogP) is 3.94. The van der Waals surface area contributed by atoms with Crippen LogP contribution in [0.3, 0.4) is 0 Å². The third-order valence-corrected chi connectivity index (χ3v) is 5.65. The van der Waals surface area contributed by atoms with E-state index in [0.717, 1.165) is 11.3 Å². The van der Waals surface area contributed by atoms with Gasteiger partial charge in [-0.2, -0.15) is 0 Å². The van der Waals surface area contributed by atoms with Gasteiger partial charge in [-0.15, -0.1) is 0 Å². The van der Waals surface area contributed by atoms with Crippen LogP contribution in [0.15, 0.2) is 30.6 Å². The Morgan fingerprint density at radius 1 is 1.35 bits per heavy atom. The molecule has 5 nitrogen and oxygen atoms in total. The van der Waals surface area contributed by atoms with Crippen LogP contribution in [0.25, 0.3) is 0 Å². The molecule has 1 N–H and O–H groups in total. The lowest BCUT2D eigenvalue weighted by Gasteiger charge is -2.29. The van der Waals surface area contributed by atoms with Crippen LogP contribution in [0.5, 0.6) is 0 Å². The first-order valence-electron chi connectivity index (χ1n) is 8.28. The van der Waals surface area contributed by atoms with Gasteiger partial charge >= 0.3 is 0 Å². The number of ether oxygens (including phenoxy) is 1. The number of nitrogens with one attached hydrogen (secondary N) is 1. The van der Waals surface area contributed by atoms with E-state index in [2.05, 4.69) is 15.3 Å². The molecular formula is C18H16Cl2FN3O2. The summed E-state index contributed by atoms with van der Waals surface area (Å²) in [4.78, 5) is 21.0. The fourth-order valence-electron chi connectivity index (χ4n) is 3.89. The zero-order valence-corrected chi connectivity index (χ0v) is 15.3. The molecule has 2 bridgehead atoms. The minimum Gasteiger partial charge on any atom is -0.370 e. The molecule has 1 amide bonds. The first-order valence-corrected chi connectivity index (χ1v) is 9.03. The molecular weight excluding hydrogens is 380 g/mol. The minimum atomic E-state index is -1.07. The fourth-order valence-corrected chi connectivity index (χ4v) is 4.16. The molecule has 5 atom stereocenters. The standard InChI is InChI=1S/C18H16Cl2FN3O2/c1-8-4-9(2-3-22-8)14-15(13-6-12(21)16(14)26-13)18(25)24-10-5-11(19)17(20)23-7-10/h2-5,7,12-16H,6H2,1H3,(H,24,25)/t12-,13+,14+,15+,16-/m0/s1. The number of hydrogen-bond acceptors (Lipinski definition) is 4. The fraction of sp³-hybridized carbons (Fsp3) is 0.389. The number of aromatic nitrogens is 2. The van der Waals surface area contributed by atoms with Crippen molar-refractivity contribution in [3.63, 3.8) is 0 Å². The summed E-state index contributed by atoms with van der Waals surface area (Å²) in [6, 6.07) is 5.23. The molecule has 26 heavy (non-hydrogen) atoms. The van der Waals surface area contributed by atoms with Crippen LogP contribution in [0.4, 0.5) is 10.1 Å². The SMILES string of the molecule is Cc1cc([C@H]2[C@H]3O[C@H](C[C@@H]3F)[C@H]2C(=O)Nc2cnc(Cl)c(Cl)c2)ccn1. The smallest absolute Gasteiger partial charge is 0.230 e. The van der Waals surface area contributed by atoms with Gasteiger partial charge in [0.25, 0.3) is 0 Å². The van der Waals surface area contributed by atoms with Crippen molar-refractivity contribution in [2.24, 2.45) is 5.92 Å². The number of aryl methyl sites for hydroxylation is 1. The van der Waals surface area contributed by atoms with Gasteiger partial charge in [0, 0.05) is 24.2 Å². The molecule has 0 unspecified atom stereocenters. The summed E-state index contributed by atoms with van der Waals surface area (Å²) in [7, 11) is 0. The highest BCUT2D eigenvalue weighted by Crippen LogP contribution is 2.50. The molecule has 2 aromatic heterocycles. The second-order valence-corrected chi connectivity index (χ2v) is 7.42. The van der Waals surface area contributed by atoms with E-state index in [1.165, 1.54) is 12.3 Å². The highest BCUT2D eigenvalue weighted by atomic mass is 35.5. The maximum Gasteiger partial charge on any atom is 0.230 e. The van der Waals surface area contributed by atoms with Crippen molar-refractivity contribution >= 4 is 34.8 Å². The normalized spacial score (nSPS) is 29.8. The molecule has 8 heteroatoms. The Balaban J connectivity index is 1.62. The molecule has 2 aliphatic heterocycles. The van der Waals surface area contributed by atoms with Gasteiger partial charge in [0.2, 0.25) is 5.91 Å². The molecule has 0 aliphatic carbocycles. The average molecular weight is 396 g/mol. The summed E-state index contributed by atoms with van der Waals surface area (Å²) in [5, 5.41) is 3.22. The molecule has 2 fully saturated rings. The van der Waals surface area contributed by atoms with Crippen LogP contribution in [0.2, 0.25) is 10.2 Å². The summed E-state index contributed by atoms with van der Waals surface area (Å²) in [6.45, 7) is 1.86. The van der Waals surface area contributed by atoms with Crippen LogP contribution in [-0.2, 0) is 9.53 Å². The third kappa shape index (κ3) is 3.06. The highest BCUT2D eigenvalue weighted by molar-refractivity contribution is 6.41. The number of alkyl halides is 1. The number of hydrogen-bond donors (Lipinski definition) is 1. The van der Waals surface area contributed by atoms with Gasteiger partial charge in [-0.1, -0.05) is 23.2 Å². The zero-order chi connectivity index (χ0) is 18.4. The van der Waals surface area contributed by atoms with Crippen molar-refractivity contribution in [1.29, 1.82) is 0 Å². The van der Waals surface area contributed by atoms with Crippen LogP contribution in [0, 0.1) is 12.8 Å². The summed E-state index contributed by atoms with van der Waals surface area (Å²) in [5.74, 6) is -1.10. The highest BCUT2D eigenvalue weighted by Gasteiger charge is 2.57. The van der Waals surface area contributed by atoms with Gasteiger partial charge in [0.05, 0.1) is 35.0 Å². The molecule has 4 heterocycles. The van der Waals surface area contributed by atoms with E-state index in [9.17, 15) is 9.18 Å². The molecule has 0 radical (unpaired) electrons. The summed E-state index contributed by atoms with van der Waals surface area (Å²) >= 11 is 11.8. The van der Waals surface area contributed by atoms with E-state index >= 15 is 0 Å². The molecule has 0 aromatic carbocycles. The topological polar surface area (TPSA) is 64.1 Å². The number of carbonyl (C=O) groups is 1. The van der Waals surface area contributed by atoms with E-state index in [4.69, 9.17) is 27.9 Å². The van der Waals surface area contributed by atoms with Crippen LogP contribution in [0.1, 0.15) is 23.6 Å². The Kier molecular flexibility index (Phi) is 4.59. The molecule has 4 rings (SSSR count). The zero-order valence-electron chi connectivity index (χ0n) is 13.8. The summed E-state index contributed by atoms with van der Waals surface area (Å²) in [6.07, 6.45) is 1.18. The summed E-state index contributed by atoms with van der Waals surface area (Å²) < 4.78 is 20.1. The van der Waals surface area contributed by atoms with Crippen molar-refractivity contribution < 1.29 is 13.9 Å². The Morgan fingerprint density at radius 2 is 2.15 bits per heavy atom. The predicted molar refractivity (Wildman–Crippen MR) is 96.3 cm³/mol. The van der Waals surface area contributed by atoms with E-state index in [0.29, 0.717) is 5.69 Å². The van der Waals surface area contributed by atoms with Gasteiger partial charge in [0.15, 0.2) is 0 Å². The van der Waals surface area contributed by atoms with E-state index in [-0.39, 0.29) is 28.4 Å². The van der Waals surface area contributed by atoms with E-state index in [1.807, 2.05) is 19.1 Å². The quantitative estimate of drug-likeness (QED) is 0.799. The van der Waals surface area contributed by atoms with Crippen molar-refractivity contribution in [3.05, 3.63) is 52.0 Å². The molecule has 136 valence electrons. The number of amides is 1. The lowest BCUT2D eigenvalue weighted by molar-refractivity contribution is -0.121. The van der Waals surface area contributed by atoms with Gasteiger partial charge < -0.3 is 10.1 Å². The lowest BCUT2D eigenvalue weighted by Crippen LogP contribution is -2.39. The molecule has 2 aromatic rings. The minimum absolute atomic E-state index is 0.165. The molecule has 0 saturated carbocycles. The van der Waals surface area contributed by atoms with Crippen LogP contribution in [-0.4, -0.2) is 34.3 Å². The monoisotopic (exact) mass is 395 g/mol. The first-order chi connectivity index (χ1) is 12.4. The average Bonchev–Trinajstić information content (AvgIpc) is 3.15. The van der Waals surface area contributed by atoms with E-state index in [1.54, 1.807) is 6.20 Å². The first kappa shape index (κ1) is 17.6. The van der Waals surface area contributed by atoms with Crippen LogP contribution >= 0.6 is 23.2 Å². The van der Waals surface area contributed by atoms with Gasteiger partial charge in [0.1, 0.15) is 11.3 Å². The number of pyridine rings is 2. The Hall–Kier alpha value is -1.76. The van der Waals surface area contributed by atoms with Crippen molar-refractivity contribution in [3.8, 4) is 0 Å². The second kappa shape index (κ2) is 6.76. The molecule has 0 spiro atoms.